The molecule has 0 rings (SSSR count). The Morgan fingerprint density at radius 1 is 0.253 bits per heavy atom. The van der Waals surface area contributed by atoms with Crippen molar-refractivity contribution in [3.63, 3.8) is 0 Å². The van der Waals surface area contributed by atoms with Gasteiger partial charge in [-0.05, 0) is 148 Å². The molecule has 6 heteroatoms. The standard InChI is InChI=1S/C77H124O6/c1-4-7-10-13-16-19-22-25-27-29-31-33-35-37-38-40-41-43-45-47-49-52-55-58-61-64-67-70-76(79)82-73-74(72-81-75(78)69-66-63-60-57-54-51-24-21-18-15-12-9-6-3)83-77(80)71-68-65-62-59-56-53-50-48-46-44-42-39-36-34-32-30-28-26-23-20-17-14-11-8-5-2/h7-8,10-11,16-17,19-21,24-28,31-34,37-39,41-43,47,49,74H,4-6,9,12-15,18,22-23,29-30,35-36,40,44-46,48,50-73H2,1-3H3/b10-7-,11-8-,19-16-,20-17-,24-21-,27-25-,28-26-,33-31-,34-32-,38-37-,42-39-,43-41-,49-47-. The summed E-state index contributed by atoms with van der Waals surface area (Å²) in [5.74, 6) is -0.930. The number of hydrogen-bond donors (Lipinski definition) is 0. The Morgan fingerprint density at radius 3 is 0.747 bits per heavy atom. The third kappa shape index (κ3) is 67.7. The summed E-state index contributed by atoms with van der Waals surface area (Å²) in [6.45, 7) is 6.38. The number of esters is 3. The molecule has 0 aromatic heterocycles. The molecule has 0 spiro atoms. The molecule has 0 bridgehead atoms. The van der Waals surface area contributed by atoms with E-state index in [0.29, 0.717) is 19.3 Å². The Morgan fingerprint density at radius 2 is 0.470 bits per heavy atom. The van der Waals surface area contributed by atoms with Crippen LogP contribution in [0, 0.1) is 0 Å². The van der Waals surface area contributed by atoms with E-state index in [0.717, 1.165) is 173 Å². The average Bonchev–Trinajstić information content (AvgIpc) is 3.49. The van der Waals surface area contributed by atoms with Crippen LogP contribution in [0.1, 0.15) is 290 Å². The van der Waals surface area contributed by atoms with Crippen LogP contribution in [0.25, 0.3) is 0 Å². The quantitative estimate of drug-likeness (QED) is 0.0261. The highest BCUT2D eigenvalue weighted by atomic mass is 16.6. The van der Waals surface area contributed by atoms with E-state index in [9.17, 15) is 14.4 Å². The van der Waals surface area contributed by atoms with E-state index in [4.69, 9.17) is 14.2 Å². The highest BCUT2D eigenvalue weighted by molar-refractivity contribution is 5.71. The lowest BCUT2D eigenvalue weighted by Gasteiger charge is -2.18. The van der Waals surface area contributed by atoms with Gasteiger partial charge in [0.25, 0.3) is 0 Å². The van der Waals surface area contributed by atoms with Gasteiger partial charge in [-0.1, -0.05) is 281 Å². The normalized spacial score (nSPS) is 13.1. The van der Waals surface area contributed by atoms with E-state index in [1.54, 1.807) is 0 Å². The maximum absolute atomic E-state index is 12.9. The van der Waals surface area contributed by atoms with Gasteiger partial charge in [-0.2, -0.15) is 0 Å². The van der Waals surface area contributed by atoms with Crippen LogP contribution in [-0.2, 0) is 28.6 Å². The predicted molar refractivity (Wildman–Crippen MR) is 362 cm³/mol. The minimum atomic E-state index is -0.802. The fourth-order valence-corrected chi connectivity index (χ4v) is 8.97. The first kappa shape index (κ1) is 78.0. The van der Waals surface area contributed by atoms with E-state index in [-0.39, 0.29) is 31.1 Å². The molecule has 0 N–H and O–H groups in total. The lowest BCUT2D eigenvalue weighted by Crippen LogP contribution is -2.30. The summed E-state index contributed by atoms with van der Waals surface area (Å²) in [5.41, 5.74) is 0. The molecule has 468 valence electrons. The number of ether oxygens (including phenoxy) is 3. The van der Waals surface area contributed by atoms with Gasteiger partial charge in [0.2, 0.25) is 0 Å². The van der Waals surface area contributed by atoms with Gasteiger partial charge in [-0.3, -0.25) is 14.4 Å². The first-order valence-electron chi connectivity index (χ1n) is 34.0. The zero-order chi connectivity index (χ0) is 59.9. The van der Waals surface area contributed by atoms with Crippen molar-refractivity contribution in [3.8, 4) is 0 Å². The maximum Gasteiger partial charge on any atom is 0.306 e. The van der Waals surface area contributed by atoms with Crippen molar-refractivity contribution in [2.45, 2.75) is 297 Å². The van der Waals surface area contributed by atoms with Crippen LogP contribution in [0.4, 0.5) is 0 Å². The largest absolute Gasteiger partial charge is 0.462 e. The van der Waals surface area contributed by atoms with Crippen molar-refractivity contribution < 1.29 is 28.6 Å². The third-order valence-electron chi connectivity index (χ3n) is 14.0. The van der Waals surface area contributed by atoms with Crippen molar-refractivity contribution in [2.75, 3.05) is 13.2 Å². The second-order valence-corrected chi connectivity index (χ2v) is 22.0. The van der Waals surface area contributed by atoms with Gasteiger partial charge in [0.05, 0.1) is 0 Å². The molecule has 0 aliphatic rings. The van der Waals surface area contributed by atoms with Crippen LogP contribution >= 0.6 is 0 Å². The Labute approximate surface area is 511 Å². The second-order valence-electron chi connectivity index (χ2n) is 22.0. The van der Waals surface area contributed by atoms with Crippen molar-refractivity contribution in [1.29, 1.82) is 0 Å². The molecule has 0 saturated heterocycles. The summed E-state index contributed by atoms with van der Waals surface area (Å²) in [6, 6.07) is 0. The zero-order valence-corrected chi connectivity index (χ0v) is 53.7. The van der Waals surface area contributed by atoms with Crippen molar-refractivity contribution >= 4 is 17.9 Å². The van der Waals surface area contributed by atoms with Crippen LogP contribution in [0.5, 0.6) is 0 Å². The van der Waals surface area contributed by atoms with Crippen LogP contribution in [0.3, 0.4) is 0 Å². The predicted octanol–water partition coefficient (Wildman–Crippen LogP) is 23.7. The average molecular weight is 1150 g/mol. The molecule has 0 aliphatic carbocycles. The molecule has 0 aromatic rings. The van der Waals surface area contributed by atoms with E-state index < -0.39 is 6.10 Å². The molecule has 0 fully saturated rings. The fourth-order valence-electron chi connectivity index (χ4n) is 8.97. The number of hydrogen-bond acceptors (Lipinski definition) is 6. The topological polar surface area (TPSA) is 78.9 Å². The summed E-state index contributed by atoms with van der Waals surface area (Å²) >= 11 is 0. The van der Waals surface area contributed by atoms with Crippen molar-refractivity contribution in [1.82, 2.24) is 0 Å². The molecular formula is C77H124O6. The monoisotopic (exact) mass is 1140 g/mol. The van der Waals surface area contributed by atoms with Gasteiger partial charge in [0, 0.05) is 19.3 Å². The van der Waals surface area contributed by atoms with Crippen molar-refractivity contribution in [2.24, 2.45) is 0 Å². The lowest BCUT2D eigenvalue weighted by atomic mass is 10.1. The molecule has 83 heavy (non-hydrogen) atoms. The molecular weight excluding hydrogens is 1020 g/mol. The Hall–Kier alpha value is -4.97. The second kappa shape index (κ2) is 69.5. The van der Waals surface area contributed by atoms with Gasteiger partial charge in [0.15, 0.2) is 6.10 Å². The Bertz CT molecular complexity index is 1840. The van der Waals surface area contributed by atoms with Gasteiger partial charge >= 0.3 is 17.9 Å². The first-order valence-corrected chi connectivity index (χ1v) is 34.0. The van der Waals surface area contributed by atoms with Gasteiger partial charge in [-0.25, -0.2) is 0 Å². The maximum atomic E-state index is 12.9. The molecule has 0 amide bonds. The lowest BCUT2D eigenvalue weighted by molar-refractivity contribution is -0.167. The third-order valence-corrected chi connectivity index (χ3v) is 14.0. The molecule has 0 aromatic carbocycles. The molecule has 1 unspecified atom stereocenters. The molecule has 6 nitrogen and oxygen atoms in total. The van der Waals surface area contributed by atoms with E-state index in [1.165, 1.54) is 77.0 Å². The molecule has 0 saturated carbocycles. The number of carbonyl (C=O) groups excluding carboxylic acids is 3. The van der Waals surface area contributed by atoms with E-state index >= 15 is 0 Å². The summed E-state index contributed by atoms with van der Waals surface area (Å²) in [5, 5.41) is 0. The SMILES string of the molecule is CC/C=C\C/C=C\C/C=C\C/C=C\C/C=C\C/C=C\C/C=C\CCCCCCCC(=O)OCC(COC(=O)CCCCCCC/C=C\CCCCCC)OC(=O)CCCCCCCCCCC/C=C\C/C=C\C/C=C\C/C=C\C/C=C\CC. The number of allylic oxidation sites excluding steroid dienone is 26. The van der Waals surface area contributed by atoms with Gasteiger partial charge < -0.3 is 14.2 Å². The molecule has 1 atom stereocenters. The van der Waals surface area contributed by atoms with E-state index in [1.807, 2.05) is 0 Å². The van der Waals surface area contributed by atoms with Crippen LogP contribution in [0.2, 0.25) is 0 Å². The Kier molecular flexibility index (Phi) is 65.4. The van der Waals surface area contributed by atoms with Crippen LogP contribution in [0.15, 0.2) is 158 Å². The molecule has 0 heterocycles. The smallest absolute Gasteiger partial charge is 0.306 e. The van der Waals surface area contributed by atoms with Crippen molar-refractivity contribution in [3.05, 3.63) is 158 Å². The van der Waals surface area contributed by atoms with Gasteiger partial charge in [0.1, 0.15) is 13.2 Å². The molecule has 0 aliphatic heterocycles. The highest BCUT2D eigenvalue weighted by Gasteiger charge is 2.19. The van der Waals surface area contributed by atoms with Gasteiger partial charge in [-0.15, -0.1) is 0 Å². The number of rotatable bonds is 60. The number of carbonyl (C=O) groups is 3. The van der Waals surface area contributed by atoms with E-state index in [2.05, 4.69) is 179 Å². The Balaban J connectivity index is 4.41. The fraction of sp³-hybridized carbons (Fsp3) is 0.623. The summed E-state index contributed by atoms with van der Waals surface area (Å²) in [6.07, 6.45) is 101. The number of unbranched alkanes of at least 4 members (excludes halogenated alkanes) is 23. The molecule has 0 radical (unpaired) electrons. The summed E-state index contributed by atoms with van der Waals surface area (Å²) in [4.78, 5) is 38.4. The first-order chi connectivity index (χ1) is 41.0. The summed E-state index contributed by atoms with van der Waals surface area (Å²) < 4.78 is 16.9. The van der Waals surface area contributed by atoms with Crippen LogP contribution in [-0.4, -0.2) is 37.2 Å². The minimum Gasteiger partial charge on any atom is -0.462 e. The minimum absolute atomic E-state index is 0.0964. The van der Waals surface area contributed by atoms with Crippen LogP contribution < -0.4 is 0 Å². The zero-order valence-electron chi connectivity index (χ0n) is 53.7. The highest BCUT2D eigenvalue weighted by Crippen LogP contribution is 2.15. The summed E-state index contributed by atoms with van der Waals surface area (Å²) in [7, 11) is 0.